The van der Waals surface area contributed by atoms with Gasteiger partial charge in [0.25, 0.3) is 5.91 Å². The van der Waals surface area contributed by atoms with Crippen LogP contribution in [0.4, 0.5) is 0 Å². The van der Waals surface area contributed by atoms with Crippen LogP contribution in [0.5, 0.6) is 0 Å². The number of aryl methyl sites for hydroxylation is 1. The van der Waals surface area contributed by atoms with Crippen molar-refractivity contribution in [3.8, 4) is 0 Å². The Labute approximate surface area is 109 Å². The summed E-state index contributed by atoms with van der Waals surface area (Å²) in [4.78, 5) is 12.2. The molecule has 1 aromatic carbocycles. The van der Waals surface area contributed by atoms with Crippen molar-refractivity contribution < 1.29 is 9.90 Å². The Kier molecular flexibility index (Phi) is 5.35. The van der Waals surface area contributed by atoms with E-state index >= 15 is 0 Å². The molecule has 0 aliphatic carbocycles. The van der Waals surface area contributed by atoms with Crippen LogP contribution >= 0.6 is 0 Å². The largest absolute Gasteiger partial charge is 0.394 e. The normalized spacial score (nSPS) is 11.3. The summed E-state index contributed by atoms with van der Waals surface area (Å²) >= 11 is 0. The number of aliphatic hydroxyl groups is 1. The SMILES string of the molecule is CCCCc1ccccc1C(=O)NC(C)(C)CO. The van der Waals surface area contributed by atoms with Crippen LogP contribution in [0.1, 0.15) is 49.5 Å². The van der Waals surface area contributed by atoms with Gasteiger partial charge in [0.2, 0.25) is 0 Å². The molecule has 0 radical (unpaired) electrons. The summed E-state index contributed by atoms with van der Waals surface area (Å²) in [5.74, 6) is -0.110. The van der Waals surface area contributed by atoms with Gasteiger partial charge in [-0.25, -0.2) is 0 Å². The van der Waals surface area contributed by atoms with Crippen LogP contribution in [0, 0.1) is 0 Å². The minimum absolute atomic E-state index is 0.0735. The van der Waals surface area contributed by atoms with Crippen LogP contribution in [-0.4, -0.2) is 23.2 Å². The highest BCUT2D eigenvalue weighted by Crippen LogP contribution is 2.13. The maximum atomic E-state index is 12.2. The van der Waals surface area contributed by atoms with Crippen LogP contribution in [0.15, 0.2) is 24.3 Å². The monoisotopic (exact) mass is 249 g/mol. The quantitative estimate of drug-likeness (QED) is 0.814. The second-order valence-electron chi connectivity index (χ2n) is 5.26. The van der Waals surface area contributed by atoms with E-state index < -0.39 is 5.54 Å². The molecule has 0 bridgehead atoms. The van der Waals surface area contributed by atoms with E-state index in [-0.39, 0.29) is 12.5 Å². The zero-order chi connectivity index (χ0) is 13.6. The van der Waals surface area contributed by atoms with E-state index in [1.807, 2.05) is 24.3 Å². The number of aliphatic hydroxyl groups excluding tert-OH is 1. The van der Waals surface area contributed by atoms with Gasteiger partial charge in [0, 0.05) is 5.56 Å². The Balaban J connectivity index is 2.85. The lowest BCUT2D eigenvalue weighted by atomic mass is 10.00. The molecular weight excluding hydrogens is 226 g/mol. The average Bonchev–Trinajstić information content (AvgIpc) is 2.36. The topological polar surface area (TPSA) is 49.3 Å². The molecule has 0 atom stereocenters. The van der Waals surface area contributed by atoms with E-state index in [0.29, 0.717) is 5.56 Å². The van der Waals surface area contributed by atoms with Crippen LogP contribution in [0.3, 0.4) is 0 Å². The molecule has 1 amide bonds. The molecule has 0 fully saturated rings. The molecule has 0 saturated carbocycles. The minimum atomic E-state index is -0.588. The second-order valence-corrected chi connectivity index (χ2v) is 5.26. The highest BCUT2D eigenvalue weighted by Gasteiger charge is 2.21. The standard InChI is InChI=1S/C15H23NO2/c1-4-5-8-12-9-6-7-10-13(12)14(18)16-15(2,3)11-17/h6-7,9-10,17H,4-5,8,11H2,1-3H3,(H,16,18). The van der Waals surface area contributed by atoms with Crippen molar-refractivity contribution in [2.75, 3.05) is 6.61 Å². The molecule has 0 unspecified atom stereocenters. The molecule has 0 aliphatic rings. The summed E-state index contributed by atoms with van der Waals surface area (Å²) < 4.78 is 0. The average molecular weight is 249 g/mol. The van der Waals surface area contributed by atoms with Gasteiger partial charge in [-0.05, 0) is 38.3 Å². The van der Waals surface area contributed by atoms with E-state index in [1.54, 1.807) is 13.8 Å². The third-order valence-corrected chi connectivity index (χ3v) is 2.91. The van der Waals surface area contributed by atoms with Crippen molar-refractivity contribution in [3.63, 3.8) is 0 Å². The number of benzene rings is 1. The molecule has 0 saturated heterocycles. The molecule has 18 heavy (non-hydrogen) atoms. The molecule has 0 heterocycles. The van der Waals surface area contributed by atoms with Crippen LogP contribution in [0.25, 0.3) is 0 Å². The molecule has 3 heteroatoms. The molecule has 0 spiro atoms. The Morgan fingerprint density at radius 3 is 2.61 bits per heavy atom. The smallest absolute Gasteiger partial charge is 0.252 e. The fourth-order valence-electron chi connectivity index (χ4n) is 1.74. The first-order chi connectivity index (χ1) is 8.50. The fourth-order valence-corrected chi connectivity index (χ4v) is 1.74. The number of hydrogen-bond donors (Lipinski definition) is 2. The van der Waals surface area contributed by atoms with E-state index in [2.05, 4.69) is 12.2 Å². The van der Waals surface area contributed by atoms with Crippen molar-refractivity contribution in [2.24, 2.45) is 0 Å². The predicted molar refractivity (Wildman–Crippen MR) is 73.7 cm³/mol. The van der Waals surface area contributed by atoms with Gasteiger partial charge in [0.15, 0.2) is 0 Å². The Morgan fingerprint density at radius 2 is 2.00 bits per heavy atom. The van der Waals surface area contributed by atoms with Gasteiger partial charge in [-0.15, -0.1) is 0 Å². The maximum absolute atomic E-state index is 12.2. The Hall–Kier alpha value is -1.35. The van der Waals surface area contributed by atoms with E-state index in [1.165, 1.54) is 0 Å². The summed E-state index contributed by atoms with van der Waals surface area (Å²) in [6, 6.07) is 7.67. The lowest BCUT2D eigenvalue weighted by molar-refractivity contribution is 0.0868. The zero-order valence-electron chi connectivity index (χ0n) is 11.5. The van der Waals surface area contributed by atoms with Gasteiger partial charge in [-0.1, -0.05) is 31.5 Å². The van der Waals surface area contributed by atoms with Gasteiger partial charge < -0.3 is 10.4 Å². The van der Waals surface area contributed by atoms with Crippen molar-refractivity contribution in [3.05, 3.63) is 35.4 Å². The summed E-state index contributed by atoms with van der Waals surface area (Å²) in [6.07, 6.45) is 3.10. The Morgan fingerprint density at radius 1 is 1.33 bits per heavy atom. The van der Waals surface area contributed by atoms with E-state index in [9.17, 15) is 9.90 Å². The van der Waals surface area contributed by atoms with Gasteiger partial charge in [0.05, 0.1) is 12.1 Å². The molecular formula is C15H23NO2. The van der Waals surface area contributed by atoms with Crippen molar-refractivity contribution >= 4 is 5.91 Å². The zero-order valence-corrected chi connectivity index (χ0v) is 11.5. The highest BCUT2D eigenvalue weighted by molar-refractivity contribution is 5.96. The first-order valence-corrected chi connectivity index (χ1v) is 6.51. The van der Waals surface area contributed by atoms with Gasteiger partial charge in [-0.2, -0.15) is 0 Å². The molecule has 0 aromatic heterocycles. The first-order valence-electron chi connectivity index (χ1n) is 6.51. The summed E-state index contributed by atoms with van der Waals surface area (Å²) in [5, 5.41) is 12.0. The van der Waals surface area contributed by atoms with Crippen molar-refractivity contribution in [1.29, 1.82) is 0 Å². The number of hydrogen-bond acceptors (Lipinski definition) is 2. The molecule has 100 valence electrons. The Bertz CT molecular complexity index is 399. The molecule has 0 aliphatic heterocycles. The number of amides is 1. The van der Waals surface area contributed by atoms with Crippen LogP contribution in [0.2, 0.25) is 0 Å². The van der Waals surface area contributed by atoms with Gasteiger partial charge >= 0.3 is 0 Å². The second kappa shape index (κ2) is 6.55. The summed E-state index contributed by atoms with van der Waals surface area (Å²) in [5.41, 5.74) is 1.20. The summed E-state index contributed by atoms with van der Waals surface area (Å²) in [7, 11) is 0. The third-order valence-electron chi connectivity index (χ3n) is 2.91. The number of rotatable bonds is 6. The molecule has 1 rings (SSSR count). The van der Waals surface area contributed by atoms with Crippen LogP contribution < -0.4 is 5.32 Å². The number of carbonyl (C=O) groups is 1. The third kappa shape index (κ3) is 4.15. The first kappa shape index (κ1) is 14.7. The molecule has 3 nitrogen and oxygen atoms in total. The van der Waals surface area contributed by atoms with Gasteiger partial charge in [0.1, 0.15) is 0 Å². The highest BCUT2D eigenvalue weighted by atomic mass is 16.3. The maximum Gasteiger partial charge on any atom is 0.252 e. The fraction of sp³-hybridized carbons (Fsp3) is 0.533. The number of carbonyl (C=O) groups excluding carboxylic acids is 1. The lowest BCUT2D eigenvalue weighted by Gasteiger charge is -2.24. The molecule has 2 N–H and O–H groups in total. The molecule has 1 aromatic rings. The lowest BCUT2D eigenvalue weighted by Crippen LogP contribution is -2.46. The van der Waals surface area contributed by atoms with Crippen LogP contribution in [-0.2, 0) is 6.42 Å². The van der Waals surface area contributed by atoms with Crippen molar-refractivity contribution in [1.82, 2.24) is 5.32 Å². The van der Waals surface area contributed by atoms with Crippen molar-refractivity contribution in [2.45, 2.75) is 45.6 Å². The number of nitrogens with one attached hydrogen (secondary N) is 1. The minimum Gasteiger partial charge on any atom is -0.394 e. The van der Waals surface area contributed by atoms with E-state index in [4.69, 9.17) is 0 Å². The summed E-state index contributed by atoms with van der Waals surface area (Å²) in [6.45, 7) is 5.67. The van der Waals surface area contributed by atoms with E-state index in [0.717, 1.165) is 24.8 Å². The predicted octanol–water partition coefficient (Wildman–Crippen LogP) is 2.53. The number of unbranched alkanes of at least 4 members (excludes halogenated alkanes) is 1. The van der Waals surface area contributed by atoms with Gasteiger partial charge in [-0.3, -0.25) is 4.79 Å².